The van der Waals surface area contributed by atoms with Crippen LogP contribution >= 0.6 is 0 Å². The highest BCUT2D eigenvalue weighted by Crippen LogP contribution is 2.42. The number of nitrogens with one attached hydrogen (secondary N) is 1. The van der Waals surface area contributed by atoms with Crippen LogP contribution in [0.25, 0.3) is 10.9 Å². The quantitative estimate of drug-likeness (QED) is 0.781. The van der Waals surface area contributed by atoms with Crippen molar-refractivity contribution in [3.05, 3.63) is 65.9 Å². The van der Waals surface area contributed by atoms with Gasteiger partial charge in [-0.05, 0) is 36.6 Å². The summed E-state index contributed by atoms with van der Waals surface area (Å²) < 4.78 is 12.2. The molecule has 1 unspecified atom stereocenters. The normalized spacial score (nSPS) is 22.8. The second-order valence-corrected chi connectivity index (χ2v) is 7.30. The molecule has 1 aromatic heterocycles. The Morgan fingerprint density at radius 1 is 1.08 bits per heavy atom. The van der Waals surface area contributed by atoms with Gasteiger partial charge in [-0.1, -0.05) is 36.4 Å². The number of hydrogen-bond donors (Lipinski definition) is 1. The van der Waals surface area contributed by atoms with Crippen LogP contribution < -0.4 is 4.74 Å². The average Bonchev–Trinajstić information content (AvgIpc) is 3.26. The Labute approximate surface area is 153 Å². The Bertz CT molecular complexity index is 905. The average molecular weight is 348 g/mol. The molecular weight excluding hydrogens is 324 g/mol. The zero-order valence-electron chi connectivity index (χ0n) is 14.9. The summed E-state index contributed by atoms with van der Waals surface area (Å²) in [5, 5.41) is 1.36. The number of hydrogen-bond acceptors (Lipinski definition) is 3. The van der Waals surface area contributed by atoms with Gasteiger partial charge in [-0.15, -0.1) is 0 Å². The first-order valence-electron chi connectivity index (χ1n) is 9.48. The van der Waals surface area contributed by atoms with Crippen molar-refractivity contribution in [2.45, 2.75) is 18.4 Å². The molecule has 5 rings (SSSR count). The summed E-state index contributed by atoms with van der Waals surface area (Å²) in [6.07, 6.45) is 2.04. The molecule has 3 aromatic rings. The zero-order chi connectivity index (χ0) is 17.4. The lowest BCUT2D eigenvalue weighted by Gasteiger charge is -2.34. The van der Waals surface area contributed by atoms with Gasteiger partial charge in [0.2, 0.25) is 0 Å². The predicted molar refractivity (Wildman–Crippen MR) is 103 cm³/mol. The lowest BCUT2D eigenvalue weighted by molar-refractivity contribution is -0.0546. The second-order valence-electron chi connectivity index (χ2n) is 7.30. The van der Waals surface area contributed by atoms with Crippen LogP contribution in [0.1, 0.15) is 17.7 Å². The summed E-state index contributed by atoms with van der Waals surface area (Å²) in [5.41, 5.74) is 3.80. The molecule has 1 atom stereocenters. The van der Waals surface area contributed by atoms with E-state index in [0.717, 1.165) is 44.8 Å². The molecule has 0 amide bonds. The molecule has 4 nitrogen and oxygen atoms in total. The Morgan fingerprint density at radius 3 is 2.85 bits per heavy atom. The number of aromatic amines is 1. The van der Waals surface area contributed by atoms with Gasteiger partial charge in [0.05, 0.1) is 12.3 Å². The number of ether oxygens (including phenoxy) is 2. The van der Waals surface area contributed by atoms with E-state index in [1.807, 2.05) is 30.3 Å². The molecule has 26 heavy (non-hydrogen) atoms. The smallest absolute Gasteiger partial charge is 0.122 e. The van der Waals surface area contributed by atoms with E-state index in [4.69, 9.17) is 9.47 Å². The molecule has 0 radical (unpaired) electrons. The van der Waals surface area contributed by atoms with Crippen LogP contribution in [0, 0.1) is 0 Å². The maximum absolute atomic E-state index is 6.36. The minimum Gasteiger partial charge on any atom is -0.492 e. The van der Waals surface area contributed by atoms with Crippen LogP contribution in [0.3, 0.4) is 0 Å². The first-order chi connectivity index (χ1) is 12.8. The van der Waals surface area contributed by atoms with Gasteiger partial charge in [0.1, 0.15) is 18.0 Å². The number of likely N-dealkylation sites (tertiary alicyclic amines) is 1. The third-order valence-electron chi connectivity index (χ3n) is 5.73. The fourth-order valence-corrected chi connectivity index (χ4v) is 4.45. The van der Waals surface area contributed by atoms with Gasteiger partial charge < -0.3 is 14.5 Å². The van der Waals surface area contributed by atoms with E-state index in [0.29, 0.717) is 6.61 Å². The van der Waals surface area contributed by atoms with E-state index in [-0.39, 0.29) is 5.60 Å². The maximum atomic E-state index is 6.36. The molecule has 1 spiro atoms. The molecule has 0 bridgehead atoms. The maximum Gasteiger partial charge on any atom is 0.122 e. The molecule has 134 valence electrons. The van der Waals surface area contributed by atoms with Crippen molar-refractivity contribution < 1.29 is 9.47 Å². The Balaban J connectivity index is 1.31. The van der Waals surface area contributed by atoms with Crippen LogP contribution in [-0.2, 0) is 16.8 Å². The van der Waals surface area contributed by atoms with E-state index < -0.39 is 0 Å². The monoisotopic (exact) mass is 348 g/mol. The fourth-order valence-electron chi connectivity index (χ4n) is 4.45. The highest BCUT2D eigenvalue weighted by Gasteiger charge is 2.45. The van der Waals surface area contributed by atoms with Gasteiger partial charge in [-0.25, -0.2) is 0 Å². The lowest BCUT2D eigenvalue weighted by atomic mass is 9.90. The molecule has 1 fully saturated rings. The number of aromatic nitrogens is 1. The number of fused-ring (bicyclic) bond motifs is 4. The van der Waals surface area contributed by atoms with Crippen LogP contribution in [0.15, 0.2) is 54.6 Å². The molecule has 2 aliphatic heterocycles. The molecule has 2 aliphatic rings. The Morgan fingerprint density at radius 2 is 1.92 bits per heavy atom. The number of rotatable bonds is 4. The topological polar surface area (TPSA) is 37.5 Å². The molecular formula is C22H24N2O2. The number of para-hydroxylation sites is 2. The van der Waals surface area contributed by atoms with Crippen molar-refractivity contribution in [1.82, 2.24) is 9.88 Å². The minimum absolute atomic E-state index is 0.181. The Kier molecular flexibility index (Phi) is 3.95. The number of benzene rings is 2. The summed E-state index contributed by atoms with van der Waals surface area (Å²) in [4.78, 5) is 6.13. The summed E-state index contributed by atoms with van der Waals surface area (Å²) in [6.45, 7) is 4.43. The number of nitrogens with zero attached hydrogens (tertiary/aromatic N) is 1. The largest absolute Gasteiger partial charge is 0.492 e. The van der Waals surface area contributed by atoms with Crippen molar-refractivity contribution in [2.75, 3.05) is 32.8 Å². The van der Waals surface area contributed by atoms with Crippen LogP contribution in [-0.4, -0.2) is 42.7 Å². The van der Waals surface area contributed by atoms with E-state index in [2.05, 4.69) is 34.1 Å². The van der Waals surface area contributed by atoms with Crippen molar-refractivity contribution in [3.63, 3.8) is 0 Å². The minimum atomic E-state index is -0.181. The van der Waals surface area contributed by atoms with E-state index >= 15 is 0 Å². The second kappa shape index (κ2) is 6.45. The molecule has 0 saturated carbocycles. The molecule has 4 heteroatoms. The third kappa shape index (κ3) is 2.70. The molecule has 1 N–H and O–H groups in total. The van der Waals surface area contributed by atoms with E-state index in [1.165, 1.54) is 22.2 Å². The summed E-state index contributed by atoms with van der Waals surface area (Å²) >= 11 is 0. The van der Waals surface area contributed by atoms with Crippen molar-refractivity contribution in [2.24, 2.45) is 0 Å². The van der Waals surface area contributed by atoms with Gasteiger partial charge >= 0.3 is 0 Å². The first-order valence-corrected chi connectivity index (χ1v) is 9.48. The molecule has 1 saturated heterocycles. The molecule has 0 aliphatic carbocycles. The standard InChI is InChI=1S/C22H24N2O2/c1-2-6-17(7-3-1)25-15-13-24-12-11-22(16-24)21-19(10-14-26-22)18-8-4-5-9-20(18)23-21/h1-9,23H,10-16H2. The summed E-state index contributed by atoms with van der Waals surface area (Å²) in [6, 6.07) is 18.7. The van der Waals surface area contributed by atoms with E-state index in [1.54, 1.807) is 0 Å². The lowest BCUT2D eigenvalue weighted by Crippen LogP contribution is -2.39. The van der Waals surface area contributed by atoms with Crippen LogP contribution in [0.5, 0.6) is 5.75 Å². The third-order valence-corrected chi connectivity index (χ3v) is 5.73. The van der Waals surface area contributed by atoms with Crippen LogP contribution in [0.2, 0.25) is 0 Å². The van der Waals surface area contributed by atoms with Gasteiger partial charge in [0.15, 0.2) is 0 Å². The van der Waals surface area contributed by atoms with Crippen LogP contribution in [0.4, 0.5) is 0 Å². The summed E-state index contributed by atoms with van der Waals surface area (Å²) in [5.74, 6) is 0.938. The van der Waals surface area contributed by atoms with Gasteiger partial charge in [0.25, 0.3) is 0 Å². The summed E-state index contributed by atoms with van der Waals surface area (Å²) in [7, 11) is 0. The highest BCUT2D eigenvalue weighted by atomic mass is 16.5. The first kappa shape index (κ1) is 15.9. The molecule has 2 aromatic carbocycles. The predicted octanol–water partition coefficient (Wildman–Crippen LogP) is 3.72. The fraction of sp³-hybridized carbons (Fsp3) is 0.364. The number of H-pyrrole nitrogens is 1. The van der Waals surface area contributed by atoms with Crippen molar-refractivity contribution in [3.8, 4) is 5.75 Å². The zero-order valence-corrected chi connectivity index (χ0v) is 14.9. The van der Waals surface area contributed by atoms with E-state index in [9.17, 15) is 0 Å². The van der Waals surface area contributed by atoms with Gasteiger partial charge in [0, 0.05) is 30.5 Å². The van der Waals surface area contributed by atoms with Gasteiger partial charge in [-0.3, -0.25) is 4.90 Å². The Hall–Kier alpha value is -2.30. The van der Waals surface area contributed by atoms with Gasteiger partial charge in [-0.2, -0.15) is 0 Å². The van der Waals surface area contributed by atoms with Crippen molar-refractivity contribution in [1.29, 1.82) is 0 Å². The SMILES string of the molecule is c1ccc(OCCN2CCC3(C2)OCCc2c3[nH]c3ccccc23)cc1. The van der Waals surface area contributed by atoms with Crippen molar-refractivity contribution >= 4 is 10.9 Å². The highest BCUT2D eigenvalue weighted by molar-refractivity contribution is 5.85. The molecule has 3 heterocycles.